The number of ketones is 1. The molecule has 0 aromatic rings. The van der Waals surface area contributed by atoms with Gasteiger partial charge in [0.1, 0.15) is 0 Å². The minimum atomic E-state index is -0.107. The zero-order valence-corrected chi connectivity index (χ0v) is 21.6. The lowest BCUT2D eigenvalue weighted by Gasteiger charge is -2.25. The topological polar surface area (TPSA) is 79.3 Å². The smallest absolute Gasteiger partial charge is 0.196 e. The Morgan fingerprint density at radius 2 is 1.79 bits per heavy atom. The van der Waals surface area contributed by atoms with Gasteiger partial charge in [-0.2, -0.15) is 0 Å². The highest BCUT2D eigenvalue weighted by atomic mass is 16.1. The molecule has 0 aromatic carbocycles. The SMILES string of the molecule is CN=C=C(/C=C(\C)C1CCC[C@@H]1C(C)C)C1=C/C(=C\C(C2CC2)C2CC2)C(=O)C(=C(C)N)C1=N. The quantitative estimate of drug-likeness (QED) is 0.264. The Bertz CT molecular complexity index is 1040. The van der Waals surface area contributed by atoms with E-state index in [4.69, 9.17) is 11.1 Å². The Labute approximate surface area is 205 Å². The molecule has 3 fully saturated rings. The van der Waals surface area contributed by atoms with Crippen molar-refractivity contribution in [3.8, 4) is 0 Å². The highest BCUT2D eigenvalue weighted by Gasteiger charge is 2.41. The highest BCUT2D eigenvalue weighted by molar-refractivity contribution is 6.37. The molecule has 0 heterocycles. The first-order valence-corrected chi connectivity index (χ1v) is 13.2. The molecule has 182 valence electrons. The molecule has 4 aliphatic rings. The Morgan fingerprint density at radius 1 is 1.15 bits per heavy atom. The summed E-state index contributed by atoms with van der Waals surface area (Å²) in [6, 6.07) is 0. The maximum Gasteiger partial charge on any atom is 0.196 e. The van der Waals surface area contributed by atoms with Crippen molar-refractivity contribution < 1.29 is 4.79 Å². The third-order valence-electron chi connectivity index (χ3n) is 8.31. The molecule has 0 bridgehead atoms. The lowest BCUT2D eigenvalue weighted by Crippen LogP contribution is -2.26. The summed E-state index contributed by atoms with van der Waals surface area (Å²) in [6.07, 6.45) is 15.1. The number of nitrogens with one attached hydrogen (secondary N) is 1. The van der Waals surface area contributed by atoms with Gasteiger partial charge >= 0.3 is 0 Å². The van der Waals surface area contributed by atoms with Crippen LogP contribution in [0.1, 0.15) is 72.6 Å². The second kappa shape index (κ2) is 10.0. The van der Waals surface area contributed by atoms with Gasteiger partial charge in [0.2, 0.25) is 0 Å². The zero-order valence-electron chi connectivity index (χ0n) is 21.6. The molecule has 0 saturated heterocycles. The van der Waals surface area contributed by atoms with E-state index in [1.807, 2.05) is 6.08 Å². The van der Waals surface area contributed by atoms with Crippen LogP contribution in [0.2, 0.25) is 0 Å². The summed E-state index contributed by atoms with van der Waals surface area (Å²) >= 11 is 0. The van der Waals surface area contributed by atoms with Crippen molar-refractivity contribution in [3.63, 3.8) is 0 Å². The lowest BCUT2D eigenvalue weighted by atomic mass is 9.79. The summed E-state index contributed by atoms with van der Waals surface area (Å²) in [5, 5.41) is 8.91. The van der Waals surface area contributed by atoms with E-state index in [0.29, 0.717) is 57.9 Å². The Kier molecular flexibility index (Phi) is 7.28. The van der Waals surface area contributed by atoms with E-state index in [1.165, 1.54) is 50.5 Å². The van der Waals surface area contributed by atoms with Crippen LogP contribution in [0.25, 0.3) is 0 Å². The van der Waals surface area contributed by atoms with Gasteiger partial charge < -0.3 is 5.73 Å². The van der Waals surface area contributed by atoms with E-state index < -0.39 is 0 Å². The summed E-state index contributed by atoms with van der Waals surface area (Å²) in [5.74, 6) is 6.82. The molecule has 4 aliphatic carbocycles. The molecule has 4 rings (SSSR count). The molecule has 1 unspecified atom stereocenters. The molecule has 4 nitrogen and oxygen atoms in total. The number of carbonyl (C=O) groups excluding carboxylic acids is 1. The fourth-order valence-corrected chi connectivity index (χ4v) is 6.20. The normalized spacial score (nSPS) is 28.5. The maximum absolute atomic E-state index is 13.4. The van der Waals surface area contributed by atoms with Crippen LogP contribution in [0, 0.1) is 40.9 Å². The molecule has 4 heteroatoms. The standard InChI is InChI=1S/C30H41N3O/c1-17(2)24-7-6-8-25(24)18(3)13-23(16-33-5)27-15-22(30(34)28(19(4)31)29(27)32)14-26(20-9-10-20)21-11-12-21/h13-15,17,20-21,24-26,32H,6-12,31H2,1-5H3/b18-13+,22-14+,28-19?,32-29?/t24-,25?/m1/s1. The third-order valence-corrected chi connectivity index (χ3v) is 8.31. The molecule has 2 atom stereocenters. The molecule has 0 spiro atoms. The fraction of sp³-hybridized carbons (Fsp3) is 0.600. The van der Waals surface area contributed by atoms with Crippen LogP contribution in [0.4, 0.5) is 0 Å². The summed E-state index contributed by atoms with van der Waals surface area (Å²) in [7, 11) is 1.71. The fourth-order valence-electron chi connectivity index (χ4n) is 6.20. The van der Waals surface area contributed by atoms with Crippen LogP contribution in [0.3, 0.4) is 0 Å². The monoisotopic (exact) mass is 459 g/mol. The number of aliphatic imine (C=N–C) groups is 1. The van der Waals surface area contributed by atoms with E-state index in [2.05, 4.69) is 43.8 Å². The Hall–Kier alpha value is -2.45. The van der Waals surface area contributed by atoms with Crippen molar-refractivity contribution in [2.75, 3.05) is 7.05 Å². The second-order valence-corrected chi connectivity index (χ2v) is 11.3. The first-order valence-electron chi connectivity index (χ1n) is 13.2. The molecule has 0 radical (unpaired) electrons. The largest absolute Gasteiger partial charge is 0.402 e. The lowest BCUT2D eigenvalue weighted by molar-refractivity contribution is -0.111. The van der Waals surface area contributed by atoms with Crippen LogP contribution >= 0.6 is 0 Å². The predicted octanol–water partition coefficient (Wildman–Crippen LogP) is 6.36. The van der Waals surface area contributed by atoms with Gasteiger partial charge in [0.25, 0.3) is 0 Å². The van der Waals surface area contributed by atoms with E-state index in [-0.39, 0.29) is 11.5 Å². The average molecular weight is 460 g/mol. The van der Waals surface area contributed by atoms with Crippen LogP contribution in [0.5, 0.6) is 0 Å². The first kappa shape index (κ1) is 24.7. The average Bonchev–Trinajstić information content (AvgIpc) is 3.71. The molecule has 0 aromatic heterocycles. The van der Waals surface area contributed by atoms with Crippen molar-refractivity contribution in [1.82, 2.24) is 0 Å². The van der Waals surface area contributed by atoms with Crippen LogP contribution in [-0.4, -0.2) is 24.4 Å². The van der Waals surface area contributed by atoms with Crippen molar-refractivity contribution >= 4 is 17.4 Å². The van der Waals surface area contributed by atoms with Gasteiger partial charge in [-0.15, -0.1) is 0 Å². The molecule has 3 N–H and O–H groups in total. The molecule has 0 aliphatic heterocycles. The second-order valence-electron chi connectivity index (χ2n) is 11.3. The number of hydrogen-bond acceptors (Lipinski definition) is 4. The first-order chi connectivity index (χ1) is 16.2. The van der Waals surface area contributed by atoms with Gasteiger partial charge in [0.05, 0.1) is 11.3 Å². The van der Waals surface area contributed by atoms with Crippen LogP contribution < -0.4 is 5.73 Å². The summed E-state index contributed by atoms with van der Waals surface area (Å²) in [6.45, 7) is 8.57. The van der Waals surface area contributed by atoms with E-state index in [0.717, 1.165) is 5.57 Å². The van der Waals surface area contributed by atoms with Crippen LogP contribution in [-0.2, 0) is 4.79 Å². The predicted molar refractivity (Wildman–Crippen MR) is 141 cm³/mol. The number of Topliss-reactive ketones (excluding diaryl/α,β-unsaturated/α-hetero) is 1. The highest BCUT2D eigenvalue weighted by Crippen LogP contribution is 2.50. The number of nitrogens with zero attached hydrogens (tertiary/aromatic N) is 1. The number of hydrogen-bond donors (Lipinski definition) is 2. The molecule has 3 saturated carbocycles. The molecule has 0 amide bonds. The third kappa shape index (κ3) is 5.13. The maximum atomic E-state index is 13.4. The minimum Gasteiger partial charge on any atom is -0.402 e. The van der Waals surface area contributed by atoms with Crippen molar-refractivity contribution in [2.24, 2.45) is 46.2 Å². The van der Waals surface area contributed by atoms with E-state index in [1.54, 1.807) is 14.0 Å². The van der Waals surface area contributed by atoms with E-state index >= 15 is 0 Å². The van der Waals surface area contributed by atoms with Crippen LogP contribution in [0.15, 0.2) is 56.8 Å². The van der Waals surface area contributed by atoms with Crippen molar-refractivity contribution in [2.45, 2.75) is 72.6 Å². The zero-order chi connectivity index (χ0) is 24.6. The number of rotatable bonds is 7. The number of carbonyl (C=O) groups is 1. The van der Waals surface area contributed by atoms with Gasteiger partial charge in [0.15, 0.2) is 5.78 Å². The van der Waals surface area contributed by atoms with E-state index in [9.17, 15) is 4.79 Å². The van der Waals surface area contributed by atoms with Gasteiger partial charge in [-0.05, 0) is 106 Å². The summed E-state index contributed by atoms with van der Waals surface area (Å²) in [5.41, 5.74) is 10.6. The van der Waals surface area contributed by atoms with Gasteiger partial charge in [-0.3, -0.25) is 10.2 Å². The molecular weight excluding hydrogens is 418 g/mol. The van der Waals surface area contributed by atoms with Crippen molar-refractivity contribution in [3.05, 3.63) is 51.8 Å². The molecular formula is C30H41N3O. The molecule has 34 heavy (non-hydrogen) atoms. The van der Waals surface area contributed by atoms with Gasteiger partial charge in [0, 0.05) is 29.5 Å². The summed E-state index contributed by atoms with van der Waals surface area (Å²) in [4.78, 5) is 17.6. The summed E-state index contributed by atoms with van der Waals surface area (Å²) < 4.78 is 0. The van der Waals surface area contributed by atoms with Crippen molar-refractivity contribution in [1.29, 1.82) is 5.41 Å². The van der Waals surface area contributed by atoms with Gasteiger partial charge in [-0.1, -0.05) is 31.9 Å². The Morgan fingerprint density at radius 3 is 2.32 bits per heavy atom. The number of allylic oxidation sites excluding steroid dienone is 9. The number of nitrogens with two attached hydrogens (primary N) is 1. The minimum absolute atomic E-state index is 0.107. The Balaban J connectivity index is 1.77. The van der Waals surface area contributed by atoms with Gasteiger partial charge in [-0.25, -0.2) is 4.99 Å².